The maximum Gasteiger partial charge on any atom is 0.282 e. The van der Waals surface area contributed by atoms with Crippen LogP contribution in [0.15, 0.2) is 0 Å². The summed E-state index contributed by atoms with van der Waals surface area (Å²) in [5, 5.41) is 12.5. The van der Waals surface area contributed by atoms with Gasteiger partial charge in [-0.05, 0) is 25.4 Å². The van der Waals surface area contributed by atoms with E-state index in [1.807, 2.05) is 0 Å². The van der Waals surface area contributed by atoms with Gasteiger partial charge >= 0.3 is 0 Å². The van der Waals surface area contributed by atoms with E-state index in [0.29, 0.717) is 0 Å². The normalized spacial score (nSPS) is 11.1. The molecule has 0 unspecified atom stereocenters. The molecule has 0 aliphatic heterocycles. The predicted octanol–water partition coefficient (Wildman–Crippen LogP) is 0.693. The molecule has 0 bridgehead atoms. The van der Waals surface area contributed by atoms with Gasteiger partial charge in [-0.15, -0.1) is 10.2 Å². The first-order valence-electron chi connectivity index (χ1n) is 4.86. The molecule has 0 aliphatic rings. The van der Waals surface area contributed by atoms with E-state index in [2.05, 4.69) is 20.8 Å². The second kappa shape index (κ2) is 5.42. The largest absolute Gasteiger partial charge is 0.359 e. The Balaban J connectivity index is 2.57. The molecule has 0 aromatic carbocycles. The van der Waals surface area contributed by atoms with E-state index >= 15 is 0 Å². The molecule has 1 heterocycles. The van der Waals surface area contributed by atoms with Crippen molar-refractivity contribution in [2.24, 2.45) is 5.41 Å². The Hall–Kier alpha value is -1.21. The fourth-order valence-corrected chi connectivity index (χ4v) is 1.84. The monoisotopic (exact) mass is 276 g/mol. The highest BCUT2D eigenvalue weighted by Crippen LogP contribution is 2.16. The van der Waals surface area contributed by atoms with Crippen molar-refractivity contribution in [1.82, 2.24) is 20.8 Å². The first kappa shape index (κ1) is 13.9. The molecular weight excluding hydrogens is 264 g/mol. The second-order valence-corrected chi connectivity index (χ2v) is 5.57. The number of hydrogen-bond donors (Lipinski definition) is 2. The van der Waals surface area contributed by atoms with E-state index in [-0.39, 0.29) is 27.8 Å². The van der Waals surface area contributed by atoms with Crippen LogP contribution >= 0.6 is 22.9 Å². The zero-order valence-electron chi connectivity index (χ0n) is 9.70. The maximum atomic E-state index is 11.6. The summed E-state index contributed by atoms with van der Waals surface area (Å²) < 4.78 is 0.209. The van der Waals surface area contributed by atoms with E-state index < -0.39 is 5.41 Å². The number of carbonyl (C=O) groups excluding carboxylic acids is 2. The SMILES string of the molecule is CNC(=O)C(C)(C)CNC(=O)c1nnc(Cl)s1. The van der Waals surface area contributed by atoms with Crippen molar-refractivity contribution in [3.63, 3.8) is 0 Å². The van der Waals surface area contributed by atoms with E-state index in [1.54, 1.807) is 20.9 Å². The summed E-state index contributed by atoms with van der Waals surface area (Å²) in [4.78, 5) is 23.1. The van der Waals surface area contributed by atoms with Crippen LogP contribution in [0.1, 0.15) is 23.6 Å². The first-order chi connectivity index (χ1) is 7.86. The molecule has 2 amide bonds. The smallest absolute Gasteiger partial charge is 0.282 e. The number of aromatic nitrogens is 2. The Bertz CT molecular complexity index is 432. The number of carbonyl (C=O) groups is 2. The van der Waals surface area contributed by atoms with Gasteiger partial charge in [0.25, 0.3) is 5.91 Å². The van der Waals surface area contributed by atoms with Gasteiger partial charge in [-0.1, -0.05) is 11.3 Å². The van der Waals surface area contributed by atoms with Gasteiger partial charge in [-0.2, -0.15) is 0 Å². The van der Waals surface area contributed by atoms with Crippen LogP contribution in [0, 0.1) is 5.41 Å². The number of hydrogen-bond acceptors (Lipinski definition) is 5. The molecule has 1 rings (SSSR count). The fourth-order valence-electron chi connectivity index (χ4n) is 1.09. The van der Waals surface area contributed by atoms with Gasteiger partial charge in [0.1, 0.15) is 0 Å². The van der Waals surface area contributed by atoms with E-state index in [9.17, 15) is 9.59 Å². The van der Waals surface area contributed by atoms with Crippen molar-refractivity contribution in [2.75, 3.05) is 13.6 Å². The topological polar surface area (TPSA) is 84.0 Å². The van der Waals surface area contributed by atoms with Gasteiger partial charge in [0, 0.05) is 13.6 Å². The number of nitrogens with zero attached hydrogens (tertiary/aromatic N) is 2. The molecule has 6 nitrogen and oxygen atoms in total. The maximum absolute atomic E-state index is 11.6. The summed E-state index contributed by atoms with van der Waals surface area (Å²) in [6.07, 6.45) is 0. The lowest BCUT2D eigenvalue weighted by atomic mass is 9.92. The molecule has 0 saturated heterocycles. The summed E-state index contributed by atoms with van der Waals surface area (Å²) >= 11 is 6.56. The Morgan fingerprint density at radius 2 is 2.06 bits per heavy atom. The van der Waals surface area contributed by atoms with Gasteiger partial charge in [0.05, 0.1) is 5.41 Å². The average molecular weight is 277 g/mol. The number of halogens is 1. The van der Waals surface area contributed by atoms with Crippen LogP contribution in [0.3, 0.4) is 0 Å². The van der Waals surface area contributed by atoms with Gasteiger partial charge in [0.15, 0.2) is 0 Å². The third kappa shape index (κ3) is 3.64. The lowest BCUT2D eigenvalue weighted by molar-refractivity contribution is -0.128. The van der Waals surface area contributed by atoms with Crippen molar-refractivity contribution in [3.05, 3.63) is 9.47 Å². The third-order valence-corrected chi connectivity index (χ3v) is 3.14. The highest BCUT2D eigenvalue weighted by Gasteiger charge is 2.27. The first-order valence-corrected chi connectivity index (χ1v) is 6.05. The molecule has 0 radical (unpaired) electrons. The summed E-state index contributed by atoms with van der Waals surface area (Å²) in [7, 11) is 1.55. The molecule has 17 heavy (non-hydrogen) atoms. The van der Waals surface area contributed by atoms with E-state index in [1.165, 1.54) is 0 Å². The molecule has 0 atom stereocenters. The average Bonchev–Trinajstić information content (AvgIpc) is 2.71. The van der Waals surface area contributed by atoms with Crippen LogP contribution in [0.5, 0.6) is 0 Å². The van der Waals surface area contributed by atoms with Crippen molar-refractivity contribution < 1.29 is 9.59 Å². The van der Waals surface area contributed by atoms with Crippen LogP contribution in [0.25, 0.3) is 0 Å². The highest BCUT2D eigenvalue weighted by atomic mass is 35.5. The minimum Gasteiger partial charge on any atom is -0.359 e. The standard InChI is InChI=1S/C9H13ClN4O2S/c1-9(2,7(16)11-3)4-12-5(15)6-13-14-8(10)17-6/h4H2,1-3H3,(H,11,16)(H,12,15). The Morgan fingerprint density at radius 3 is 2.53 bits per heavy atom. The molecule has 0 spiro atoms. The van der Waals surface area contributed by atoms with Crippen molar-refractivity contribution in [3.8, 4) is 0 Å². The summed E-state index contributed by atoms with van der Waals surface area (Å²) in [5.41, 5.74) is -0.682. The summed E-state index contributed by atoms with van der Waals surface area (Å²) in [6.45, 7) is 3.68. The third-order valence-electron chi connectivity index (χ3n) is 2.13. The molecule has 0 fully saturated rings. The van der Waals surface area contributed by atoms with Gasteiger partial charge in [-0.25, -0.2) is 0 Å². The van der Waals surface area contributed by atoms with Gasteiger partial charge < -0.3 is 10.6 Å². The van der Waals surface area contributed by atoms with Crippen LogP contribution < -0.4 is 10.6 Å². The summed E-state index contributed by atoms with van der Waals surface area (Å²) in [5.74, 6) is -0.528. The zero-order chi connectivity index (χ0) is 13.1. The highest BCUT2D eigenvalue weighted by molar-refractivity contribution is 7.17. The molecule has 0 aliphatic carbocycles. The molecule has 1 aromatic heterocycles. The summed E-state index contributed by atoms with van der Waals surface area (Å²) in [6, 6.07) is 0. The fraction of sp³-hybridized carbons (Fsp3) is 0.556. The number of amides is 2. The second-order valence-electron chi connectivity index (χ2n) is 4.01. The van der Waals surface area contributed by atoms with Gasteiger partial charge in [0.2, 0.25) is 15.4 Å². The minimum atomic E-state index is -0.682. The lowest BCUT2D eigenvalue weighted by Crippen LogP contribution is -2.43. The molecule has 0 saturated carbocycles. The van der Waals surface area contributed by atoms with Crippen LogP contribution in [-0.2, 0) is 4.79 Å². The molecule has 1 aromatic rings. The molecular formula is C9H13ClN4O2S. The Morgan fingerprint density at radius 1 is 1.41 bits per heavy atom. The molecule has 2 N–H and O–H groups in total. The Kier molecular flexibility index (Phi) is 4.41. The van der Waals surface area contributed by atoms with Crippen LogP contribution in [0.2, 0.25) is 4.47 Å². The number of rotatable bonds is 4. The van der Waals surface area contributed by atoms with E-state index in [0.717, 1.165) is 11.3 Å². The van der Waals surface area contributed by atoms with Crippen molar-refractivity contribution in [1.29, 1.82) is 0 Å². The zero-order valence-corrected chi connectivity index (χ0v) is 11.3. The number of nitrogens with one attached hydrogen (secondary N) is 2. The lowest BCUT2D eigenvalue weighted by Gasteiger charge is -2.22. The predicted molar refractivity (Wildman–Crippen MR) is 65.1 cm³/mol. The Labute approximate surface area is 108 Å². The van der Waals surface area contributed by atoms with Gasteiger partial charge in [-0.3, -0.25) is 9.59 Å². The molecule has 94 valence electrons. The van der Waals surface area contributed by atoms with Crippen molar-refractivity contribution in [2.45, 2.75) is 13.8 Å². The quantitative estimate of drug-likeness (QED) is 0.848. The molecule has 8 heteroatoms. The van der Waals surface area contributed by atoms with Crippen LogP contribution in [0.4, 0.5) is 0 Å². The minimum absolute atomic E-state index is 0.145. The van der Waals surface area contributed by atoms with E-state index in [4.69, 9.17) is 11.6 Å². The van der Waals surface area contributed by atoms with Crippen LogP contribution in [-0.4, -0.2) is 35.6 Å². The van der Waals surface area contributed by atoms with Crippen molar-refractivity contribution >= 4 is 34.8 Å².